The monoisotopic (exact) mass is 395 g/mol. The zero-order valence-electron chi connectivity index (χ0n) is 15.8. The Kier molecular flexibility index (Phi) is 4.09. The Labute approximate surface area is 165 Å². The lowest BCUT2D eigenvalue weighted by Gasteiger charge is -2.34. The number of anilines is 1. The number of halogens is 2. The van der Waals surface area contributed by atoms with E-state index in [2.05, 4.69) is 15.0 Å². The number of pyridine rings is 1. The predicted molar refractivity (Wildman–Crippen MR) is 108 cm³/mol. The maximum atomic E-state index is 15.0. The van der Waals surface area contributed by atoms with Crippen LogP contribution in [-0.4, -0.2) is 52.9 Å². The molecule has 8 heteroatoms. The van der Waals surface area contributed by atoms with Gasteiger partial charge in [-0.2, -0.15) is 9.78 Å². The van der Waals surface area contributed by atoms with Crippen LogP contribution >= 0.6 is 0 Å². The molecule has 6 nitrogen and oxygen atoms in total. The summed E-state index contributed by atoms with van der Waals surface area (Å²) in [6.45, 7) is 3.22. The summed E-state index contributed by atoms with van der Waals surface area (Å²) < 4.78 is 30.2. The van der Waals surface area contributed by atoms with E-state index >= 15 is 0 Å². The average molecular weight is 395 g/mol. The molecule has 1 N–H and O–H groups in total. The molecular weight excluding hydrogens is 376 g/mol. The van der Waals surface area contributed by atoms with E-state index in [0.717, 1.165) is 30.9 Å². The Morgan fingerprint density at radius 3 is 2.52 bits per heavy atom. The molecule has 0 radical (unpaired) electrons. The summed E-state index contributed by atoms with van der Waals surface area (Å²) in [5.41, 5.74) is 1.44. The molecule has 0 aromatic heterocycles. The highest BCUT2D eigenvalue weighted by atomic mass is 19.1. The topological polar surface area (TPSA) is 57.2 Å². The third-order valence-corrected chi connectivity index (χ3v) is 5.52. The van der Waals surface area contributed by atoms with Crippen molar-refractivity contribution in [2.75, 3.05) is 38.1 Å². The second-order valence-corrected chi connectivity index (χ2v) is 7.36. The molecule has 0 spiro atoms. The highest BCUT2D eigenvalue weighted by Gasteiger charge is 2.23. The van der Waals surface area contributed by atoms with Gasteiger partial charge in [0.2, 0.25) is 0 Å². The minimum absolute atomic E-state index is 0.0661. The number of aromatic amines is 1. The van der Waals surface area contributed by atoms with Crippen LogP contribution in [0, 0.1) is 11.6 Å². The molecule has 0 bridgehead atoms. The lowest BCUT2D eigenvalue weighted by atomic mass is 10.1. The largest absolute Gasteiger partial charge is 0.367 e. The first-order chi connectivity index (χ1) is 14.0. The standard InChI is InChI=1S/C21H19F2N5O/c1-26-6-8-27(9-7-26)19-11-17-13(10-16(19)23)20-14(12-24-17)21(29)28(25-20)18-5-3-2-4-15(18)22/h2-5,10-12,24H,6-9H2,1H3. The fourth-order valence-electron chi connectivity index (χ4n) is 3.85. The number of benzene rings is 2. The fraction of sp³-hybridized carbons (Fsp3) is 0.238. The fourth-order valence-corrected chi connectivity index (χ4v) is 3.85. The molecule has 2 aromatic carbocycles. The maximum absolute atomic E-state index is 15.0. The van der Waals surface area contributed by atoms with Crippen LogP contribution in [0.4, 0.5) is 14.5 Å². The van der Waals surface area contributed by atoms with Crippen molar-refractivity contribution in [1.29, 1.82) is 0 Å². The van der Waals surface area contributed by atoms with Gasteiger partial charge >= 0.3 is 0 Å². The molecule has 1 saturated heterocycles. The minimum atomic E-state index is -0.547. The molecule has 148 valence electrons. The molecule has 3 aliphatic heterocycles. The summed E-state index contributed by atoms with van der Waals surface area (Å²) in [4.78, 5) is 20.1. The SMILES string of the molecule is CN1CCN(c2cc3[nH]cc4c(=O)n(-c5ccccc5F)nc-4c3cc2F)CC1. The number of likely N-dealkylation sites (N-methyl/N-ethyl adjacent to an activating group) is 1. The number of fused-ring (bicyclic) bond motifs is 3. The quantitative estimate of drug-likeness (QED) is 0.567. The normalized spacial score (nSPS) is 15.5. The van der Waals surface area contributed by atoms with Gasteiger partial charge in [0.1, 0.15) is 23.0 Å². The maximum Gasteiger partial charge on any atom is 0.282 e. The van der Waals surface area contributed by atoms with Crippen molar-refractivity contribution in [3.05, 3.63) is 64.6 Å². The van der Waals surface area contributed by atoms with Crippen LogP contribution in [0.25, 0.3) is 27.8 Å². The molecule has 0 amide bonds. The van der Waals surface area contributed by atoms with Gasteiger partial charge < -0.3 is 14.8 Å². The molecule has 3 aliphatic rings. The van der Waals surface area contributed by atoms with Crippen LogP contribution in [0.15, 0.2) is 47.4 Å². The van der Waals surface area contributed by atoms with Crippen LogP contribution in [0.3, 0.4) is 0 Å². The first-order valence-corrected chi connectivity index (χ1v) is 9.45. The molecule has 29 heavy (non-hydrogen) atoms. The molecule has 3 heterocycles. The van der Waals surface area contributed by atoms with Crippen LogP contribution in [0.5, 0.6) is 0 Å². The van der Waals surface area contributed by atoms with Gasteiger partial charge in [0.15, 0.2) is 0 Å². The Balaban J connectivity index is 1.67. The Morgan fingerprint density at radius 1 is 1.00 bits per heavy atom. The zero-order chi connectivity index (χ0) is 20.1. The number of hydrogen-bond acceptors (Lipinski definition) is 4. The van der Waals surface area contributed by atoms with Gasteiger partial charge in [0.25, 0.3) is 5.56 Å². The first kappa shape index (κ1) is 17.8. The van der Waals surface area contributed by atoms with Gasteiger partial charge in [-0.1, -0.05) is 12.1 Å². The van der Waals surface area contributed by atoms with Crippen molar-refractivity contribution in [2.24, 2.45) is 0 Å². The molecule has 0 unspecified atom stereocenters. The average Bonchev–Trinajstić information content (AvgIpc) is 3.05. The smallest absolute Gasteiger partial charge is 0.282 e. The Hall–Kier alpha value is -3.26. The Morgan fingerprint density at radius 2 is 1.76 bits per heavy atom. The second-order valence-electron chi connectivity index (χ2n) is 7.36. The van der Waals surface area contributed by atoms with E-state index in [1.54, 1.807) is 24.4 Å². The summed E-state index contributed by atoms with van der Waals surface area (Å²) in [5.74, 6) is -0.912. The minimum Gasteiger partial charge on any atom is -0.367 e. The summed E-state index contributed by atoms with van der Waals surface area (Å²) in [5, 5.41) is 4.81. The zero-order valence-corrected chi connectivity index (χ0v) is 15.8. The van der Waals surface area contributed by atoms with Gasteiger partial charge in [-0.05, 0) is 31.3 Å². The van der Waals surface area contributed by atoms with Gasteiger partial charge in [-0.15, -0.1) is 0 Å². The van der Waals surface area contributed by atoms with Crippen molar-refractivity contribution in [2.45, 2.75) is 0 Å². The Bertz CT molecular complexity index is 1240. The van der Waals surface area contributed by atoms with Gasteiger partial charge in [-0.25, -0.2) is 8.78 Å². The molecule has 0 saturated carbocycles. The van der Waals surface area contributed by atoms with Crippen LogP contribution in [0.1, 0.15) is 0 Å². The summed E-state index contributed by atoms with van der Waals surface area (Å²) >= 11 is 0. The van der Waals surface area contributed by atoms with E-state index in [-0.39, 0.29) is 17.1 Å². The van der Waals surface area contributed by atoms with Crippen molar-refractivity contribution in [1.82, 2.24) is 19.7 Å². The number of H-pyrrole nitrogens is 1. The van der Waals surface area contributed by atoms with E-state index in [4.69, 9.17) is 0 Å². The van der Waals surface area contributed by atoms with Crippen molar-refractivity contribution in [3.63, 3.8) is 0 Å². The third-order valence-electron chi connectivity index (χ3n) is 5.52. The lowest BCUT2D eigenvalue weighted by Crippen LogP contribution is -2.44. The number of nitrogens with zero attached hydrogens (tertiary/aromatic N) is 4. The van der Waals surface area contributed by atoms with Crippen LogP contribution in [-0.2, 0) is 0 Å². The summed E-state index contributed by atoms with van der Waals surface area (Å²) in [6.07, 6.45) is 1.55. The third kappa shape index (κ3) is 2.87. The molecular formula is C21H19F2N5O. The van der Waals surface area contributed by atoms with Crippen LogP contribution < -0.4 is 10.5 Å². The van der Waals surface area contributed by atoms with E-state index in [1.807, 2.05) is 11.9 Å². The van der Waals surface area contributed by atoms with Gasteiger partial charge in [-0.3, -0.25) is 4.79 Å². The van der Waals surface area contributed by atoms with E-state index in [1.165, 1.54) is 18.2 Å². The van der Waals surface area contributed by atoms with Crippen LogP contribution in [0.2, 0.25) is 0 Å². The number of para-hydroxylation sites is 1. The van der Waals surface area contributed by atoms with Crippen molar-refractivity contribution < 1.29 is 8.78 Å². The van der Waals surface area contributed by atoms with Crippen molar-refractivity contribution >= 4 is 16.6 Å². The summed E-state index contributed by atoms with van der Waals surface area (Å²) in [6, 6.07) is 9.09. The predicted octanol–water partition coefficient (Wildman–Crippen LogP) is 2.85. The first-order valence-electron chi connectivity index (χ1n) is 9.45. The molecule has 0 atom stereocenters. The van der Waals surface area contributed by atoms with Gasteiger partial charge in [0.05, 0.1) is 11.3 Å². The number of piperazine rings is 1. The van der Waals surface area contributed by atoms with Crippen molar-refractivity contribution in [3.8, 4) is 16.9 Å². The van der Waals surface area contributed by atoms with E-state index in [0.29, 0.717) is 22.3 Å². The second kappa shape index (κ2) is 6.66. The number of nitrogens with one attached hydrogen (secondary N) is 1. The summed E-state index contributed by atoms with van der Waals surface area (Å²) in [7, 11) is 2.05. The number of aromatic nitrogens is 3. The number of hydrogen-bond donors (Lipinski definition) is 1. The number of rotatable bonds is 2. The highest BCUT2D eigenvalue weighted by Crippen LogP contribution is 2.31. The highest BCUT2D eigenvalue weighted by molar-refractivity contribution is 5.95. The van der Waals surface area contributed by atoms with Gasteiger partial charge in [0, 0.05) is 43.3 Å². The van der Waals surface area contributed by atoms with E-state index < -0.39 is 11.4 Å². The van der Waals surface area contributed by atoms with E-state index in [9.17, 15) is 13.6 Å². The lowest BCUT2D eigenvalue weighted by molar-refractivity contribution is 0.312. The molecule has 2 aromatic rings. The molecule has 5 rings (SSSR count). The molecule has 1 fully saturated rings. The molecule has 0 aliphatic carbocycles.